The molecule has 0 N–H and O–H groups in total. The third kappa shape index (κ3) is 2.74. The van der Waals surface area contributed by atoms with Crippen molar-refractivity contribution >= 4 is 11.8 Å². The van der Waals surface area contributed by atoms with Crippen LogP contribution in [0.5, 0.6) is 5.75 Å². The van der Waals surface area contributed by atoms with Gasteiger partial charge in [0.2, 0.25) is 0 Å². The van der Waals surface area contributed by atoms with Gasteiger partial charge in [0.25, 0.3) is 0 Å². The molecule has 0 saturated carbocycles. The van der Waals surface area contributed by atoms with Gasteiger partial charge in [-0.2, -0.15) is 0 Å². The molecule has 0 bridgehead atoms. The maximum atomic E-state index is 12.8. The predicted octanol–water partition coefficient (Wildman–Crippen LogP) is 2.24. The van der Waals surface area contributed by atoms with Crippen LogP contribution in [0.25, 0.3) is 0 Å². The maximum absolute atomic E-state index is 12.8. The molecular formula is C18H23O4-. The zero-order chi connectivity index (χ0) is 16.5. The molecule has 0 heterocycles. The van der Waals surface area contributed by atoms with E-state index in [1.807, 2.05) is 13.0 Å². The summed E-state index contributed by atoms with van der Waals surface area (Å²) in [5, 5.41) is 11.5. The van der Waals surface area contributed by atoms with E-state index >= 15 is 0 Å². The van der Waals surface area contributed by atoms with Crippen molar-refractivity contribution in [1.29, 1.82) is 0 Å². The molecule has 2 atom stereocenters. The van der Waals surface area contributed by atoms with E-state index in [2.05, 4.69) is 0 Å². The van der Waals surface area contributed by atoms with Crippen molar-refractivity contribution in [2.24, 2.45) is 17.3 Å². The lowest BCUT2D eigenvalue weighted by Crippen LogP contribution is -2.47. The van der Waals surface area contributed by atoms with Crippen molar-refractivity contribution < 1.29 is 19.4 Å². The second-order valence-corrected chi connectivity index (χ2v) is 6.56. The molecule has 2 rings (SSSR count). The van der Waals surface area contributed by atoms with Crippen molar-refractivity contribution in [3.63, 3.8) is 0 Å². The van der Waals surface area contributed by atoms with E-state index in [0.717, 1.165) is 17.7 Å². The van der Waals surface area contributed by atoms with Gasteiger partial charge in [-0.1, -0.05) is 27.2 Å². The van der Waals surface area contributed by atoms with Gasteiger partial charge in [0.05, 0.1) is 7.11 Å². The second kappa shape index (κ2) is 6.11. The Kier molecular flexibility index (Phi) is 4.59. The molecule has 0 spiro atoms. The number of carboxylic acids is 1. The largest absolute Gasteiger partial charge is 0.550 e. The molecule has 1 aromatic carbocycles. The number of rotatable bonds is 5. The summed E-state index contributed by atoms with van der Waals surface area (Å²) in [6.45, 7) is 5.26. The average molecular weight is 303 g/mol. The maximum Gasteiger partial charge on any atom is 0.166 e. The summed E-state index contributed by atoms with van der Waals surface area (Å²) < 4.78 is 5.20. The zero-order valence-electron chi connectivity index (χ0n) is 13.6. The highest BCUT2D eigenvalue weighted by molar-refractivity contribution is 6.00. The standard InChI is InChI=1S/C18H24O4/c1-5-15(18(2,3)17(20)21)14-8-6-11-10-12(22-4)7-9-13(11)16(14)19/h7,9-10,14-15H,5-6,8H2,1-4H3,(H,20,21)/p-1/t14-,15-/m1/s1. The summed E-state index contributed by atoms with van der Waals surface area (Å²) in [6.07, 6.45) is 2.08. The minimum Gasteiger partial charge on any atom is -0.550 e. The Hall–Kier alpha value is -1.84. The Balaban J connectivity index is 2.35. The van der Waals surface area contributed by atoms with E-state index in [4.69, 9.17) is 4.74 Å². The Labute approximate surface area is 131 Å². The third-order valence-electron chi connectivity index (χ3n) is 5.02. The molecule has 4 nitrogen and oxygen atoms in total. The molecule has 0 aliphatic heterocycles. The van der Waals surface area contributed by atoms with Gasteiger partial charge in [0, 0.05) is 22.9 Å². The number of carboxylic acid groups (broad SMARTS) is 1. The first-order valence-electron chi connectivity index (χ1n) is 7.75. The number of benzene rings is 1. The fourth-order valence-corrected chi connectivity index (χ4v) is 3.62. The van der Waals surface area contributed by atoms with Gasteiger partial charge in [-0.3, -0.25) is 4.79 Å². The zero-order valence-corrected chi connectivity index (χ0v) is 13.6. The molecule has 0 amide bonds. The van der Waals surface area contributed by atoms with Gasteiger partial charge in [0.1, 0.15) is 5.75 Å². The van der Waals surface area contributed by atoms with Gasteiger partial charge in [-0.25, -0.2) is 0 Å². The number of hydrogen-bond acceptors (Lipinski definition) is 4. The lowest BCUT2D eigenvalue weighted by atomic mass is 9.65. The second-order valence-electron chi connectivity index (χ2n) is 6.56. The van der Waals surface area contributed by atoms with Crippen molar-refractivity contribution in [1.82, 2.24) is 0 Å². The number of ether oxygens (including phenoxy) is 1. The molecule has 0 radical (unpaired) electrons. The number of carbonyl (C=O) groups is 2. The lowest BCUT2D eigenvalue weighted by molar-refractivity contribution is -0.320. The minimum absolute atomic E-state index is 0.0464. The molecule has 0 unspecified atom stereocenters. The van der Waals surface area contributed by atoms with Crippen molar-refractivity contribution in [2.45, 2.75) is 40.0 Å². The van der Waals surface area contributed by atoms with Gasteiger partial charge in [-0.15, -0.1) is 0 Å². The first-order chi connectivity index (χ1) is 10.3. The molecule has 0 fully saturated rings. The Bertz CT molecular complexity index is 589. The highest BCUT2D eigenvalue weighted by Crippen LogP contribution is 2.41. The Morgan fingerprint density at radius 2 is 2.14 bits per heavy atom. The SMILES string of the molecule is CC[C@H]([C@H]1CCc2cc(OC)ccc2C1=O)C(C)(C)C(=O)[O-]. The minimum atomic E-state index is -1.09. The van der Waals surface area contributed by atoms with Crippen molar-refractivity contribution in [3.05, 3.63) is 29.3 Å². The fraction of sp³-hybridized carbons (Fsp3) is 0.556. The quantitative estimate of drug-likeness (QED) is 0.836. The van der Waals surface area contributed by atoms with E-state index in [9.17, 15) is 14.7 Å². The number of aryl methyl sites for hydroxylation is 1. The Morgan fingerprint density at radius 3 is 2.68 bits per heavy atom. The number of carbonyl (C=O) groups excluding carboxylic acids is 2. The van der Waals surface area contributed by atoms with Crippen LogP contribution in [0.15, 0.2) is 18.2 Å². The highest BCUT2D eigenvalue weighted by atomic mass is 16.5. The molecular weight excluding hydrogens is 280 g/mol. The van der Waals surface area contributed by atoms with Crippen molar-refractivity contribution in [3.8, 4) is 5.75 Å². The molecule has 1 aliphatic rings. The summed E-state index contributed by atoms with van der Waals surface area (Å²) in [5.41, 5.74) is 0.672. The molecule has 0 aromatic heterocycles. The number of ketones is 1. The van der Waals surface area contributed by atoms with Crippen LogP contribution in [0.4, 0.5) is 0 Å². The smallest absolute Gasteiger partial charge is 0.166 e. The molecule has 4 heteroatoms. The highest BCUT2D eigenvalue weighted by Gasteiger charge is 2.41. The number of methoxy groups -OCH3 is 1. The predicted molar refractivity (Wildman–Crippen MR) is 81.7 cm³/mol. The van der Waals surface area contributed by atoms with Gasteiger partial charge >= 0.3 is 0 Å². The van der Waals surface area contributed by atoms with E-state index in [0.29, 0.717) is 18.4 Å². The lowest BCUT2D eigenvalue weighted by Gasteiger charge is -2.41. The number of aliphatic carboxylic acids is 1. The van der Waals surface area contributed by atoms with Gasteiger partial charge < -0.3 is 14.6 Å². The normalized spacial score (nSPS) is 19.5. The van der Waals surface area contributed by atoms with Crippen LogP contribution < -0.4 is 9.84 Å². The Morgan fingerprint density at radius 1 is 1.45 bits per heavy atom. The van der Waals surface area contributed by atoms with Crippen LogP contribution in [-0.4, -0.2) is 18.9 Å². The summed E-state index contributed by atoms with van der Waals surface area (Å²) in [7, 11) is 1.60. The van der Waals surface area contributed by atoms with Crippen LogP contribution in [0.1, 0.15) is 49.5 Å². The van der Waals surface area contributed by atoms with Crippen LogP contribution >= 0.6 is 0 Å². The summed E-state index contributed by atoms with van der Waals surface area (Å²) >= 11 is 0. The molecule has 120 valence electrons. The van der Waals surface area contributed by atoms with Crippen LogP contribution in [-0.2, 0) is 11.2 Å². The van der Waals surface area contributed by atoms with Crippen molar-refractivity contribution in [2.75, 3.05) is 7.11 Å². The first-order valence-corrected chi connectivity index (χ1v) is 7.75. The number of Topliss-reactive ketones (excluding diaryl/α,β-unsaturated/α-hetero) is 1. The molecule has 22 heavy (non-hydrogen) atoms. The van der Waals surface area contributed by atoms with E-state index in [1.54, 1.807) is 33.1 Å². The third-order valence-corrected chi connectivity index (χ3v) is 5.02. The monoisotopic (exact) mass is 303 g/mol. The topological polar surface area (TPSA) is 66.4 Å². The molecule has 1 aromatic rings. The summed E-state index contributed by atoms with van der Waals surface area (Å²) in [5.74, 6) is -0.788. The average Bonchev–Trinajstić information content (AvgIpc) is 2.49. The van der Waals surface area contributed by atoms with E-state index < -0.39 is 11.4 Å². The number of hydrogen-bond donors (Lipinski definition) is 0. The van der Waals surface area contributed by atoms with E-state index in [-0.39, 0.29) is 17.6 Å². The molecule has 1 aliphatic carbocycles. The van der Waals surface area contributed by atoms with Crippen LogP contribution in [0.3, 0.4) is 0 Å². The summed E-state index contributed by atoms with van der Waals surface area (Å²) in [6, 6.07) is 5.47. The van der Waals surface area contributed by atoms with Gasteiger partial charge in [-0.05, 0) is 42.5 Å². The van der Waals surface area contributed by atoms with Crippen LogP contribution in [0.2, 0.25) is 0 Å². The fourth-order valence-electron chi connectivity index (χ4n) is 3.62. The molecule has 0 saturated heterocycles. The van der Waals surface area contributed by atoms with E-state index in [1.165, 1.54) is 0 Å². The van der Waals surface area contributed by atoms with Crippen LogP contribution in [0, 0.1) is 17.3 Å². The summed E-state index contributed by atoms with van der Waals surface area (Å²) in [4.78, 5) is 24.3. The number of fused-ring (bicyclic) bond motifs is 1. The first kappa shape index (κ1) is 16.5. The van der Waals surface area contributed by atoms with Gasteiger partial charge in [0.15, 0.2) is 5.78 Å².